The molecule has 2 saturated carbocycles. The van der Waals surface area contributed by atoms with Gasteiger partial charge in [-0.2, -0.15) is 14.6 Å². The van der Waals surface area contributed by atoms with Crippen LogP contribution in [-0.2, 0) is 9.59 Å². The van der Waals surface area contributed by atoms with Gasteiger partial charge in [0.05, 0.1) is 6.04 Å². The molecule has 9 heteroatoms. The Labute approximate surface area is 235 Å². The van der Waals surface area contributed by atoms with E-state index in [2.05, 4.69) is 35.2 Å². The Bertz CT molecular complexity index is 1160. The highest BCUT2D eigenvalue weighted by molar-refractivity contribution is 6.35. The van der Waals surface area contributed by atoms with Gasteiger partial charge >= 0.3 is 6.15 Å². The number of rotatable bonds is 7. The number of hydrogen-bond acceptors (Lipinski definition) is 7. The molecular weight excluding hydrogens is 521 g/mol. The van der Waals surface area contributed by atoms with Gasteiger partial charge in [-0.05, 0) is 93.4 Å². The van der Waals surface area contributed by atoms with Crippen LogP contribution < -0.4 is 10.2 Å². The van der Waals surface area contributed by atoms with Gasteiger partial charge in [-0.3, -0.25) is 0 Å². The number of anilines is 2. The van der Waals surface area contributed by atoms with E-state index in [0.29, 0.717) is 16.0 Å². The van der Waals surface area contributed by atoms with Gasteiger partial charge in [0, 0.05) is 47.5 Å². The maximum Gasteiger partial charge on any atom is 0.373 e. The summed E-state index contributed by atoms with van der Waals surface area (Å²) in [7, 11) is 0. The number of nitrogens with zero attached hydrogens (tertiary/aromatic N) is 4. The first-order valence-corrected chi connectivity index (χ1v) is 14.7. The summed E-state index contributed by atoms with van der Waals surface area (Å²) < 4.78 is 0. The van der Waals surface area contributed by atoms with Crippen LogP contribution >= 0.6 is 23.2 Å². The number of nitrogens with one attached hydrogen (secondary N) is 1. The smallest absolute Gasteiger partial charge is 0.363 e. The van der Waals surface area contributed by atoms with Crippen molar-refractivity contribution < 1.29 is 9.59 Å². The number of piperidine rings is 1. The fourth-order valence-electron chi connectivity index (χ4n) is 6.37. The molecule has 4 aliphatic rings. The molecule has 2 aliphatic heterocycles. The lowest BCUT2D eigenvalue weighted by molar-refractivity contribution is -0.191. The van der Waals surface area contributed by atoms with E-state index in [1.807, 2.05) is 18.2 Å². The minimum atomic E-state index is 0.0339. The third-order valence-corrected chi connectivity index (χ3v) is 9.38. The van der Waals surface area contributed by atoms with Crippen LogP contribution in [0.1, 0.15) is 75.5 Å². The van der Waals surface area contributed by atoms with E-state index in [9.17, 15) is 0 Å². The van der Waals surface area contributed by atoms with Gasteiger partial charge in [0.15, 0.2) is 0 Å². The fraction of sp³-hybridized carbons (Fsp3) is 0.621. The van der Waals surface area contributed by atoms with Gasteiger partial charge in [0.25, 0.3) is 0 Å². The molecule has 204 valence electrons. The lowest BCUT2D eigenvalue weighted by Gasteiger charge is -2.50. The van der Waals surface area contributed by atoms with Crippen LogP contribution in [0.2, 0.25) is 10.0 Å². The largest absolute Gasteiger partial charge is 0.373 e. The maximum absolute atomic E-state index is 8.12. The molecule has 1 N–H and O–H groups in total. The zero-order chi connectivity index (χ0) is 26.8. The van der Waals surface area contributed by atoms with Crippen LogP contribution in [0.5, 0.6) is 0 Å². The molecule has 2 saturated heterocycles. The molecule has 1 aromatic carbocycles. The van der Waals surface area contributed by atoms with Crippen molar-refractivity contribution in [3.63, 3.8) is 0 Å². The van der Waals surface area contributed by atoms with Crippen LogP contribution in [0.15, 0.2) is 24.4 Å². The van der Waals surface area contributed by atoms with Crippen LogP contribution in [0.25, 0.3) is 0 Å². The second-order valence-corrected chi connectivity index (χ2v) is 12.5. The molecule has 1 aromatic heterocycles. The van der Waals surface area contributed by atoms with Gasteiger partial charge in [0.2, 0.25) is 5.95 Å². The monoisotopic (exact) mass is 557 g/mol. The van der Waals surface area contributed by atoms with E-state index >= 15 is 0 Å². The van der Waals surface area contributed by atoms with Gasteiger partial charge in [-0.1, -0.05) is 36.2 Å². The molecule has 2 aromatic rings. The first-order valence-electron chi connectivity index (χ1n) is 13.9. The van der Waals surface area contributed by atoms with Crippen LogP contribution in [0.4, 0.5) is 11.8 Å². The summed E-state index contributed by atoms with van der Waals surface area (Å²) in [5.41, 5.74) is 2.27. The highest BCUT2D eigenvalue weighted by Crippen LogP contribution is 2.44. The van der Waals surface area contributed by atoms with Crippen molar-refractivity contribution in [3.8, 4) is 0 Å². The minimum absolute atomic E-state index is 0.0339. The van der Waals surface area contributed by atoms with E-state index in [4.69, 9.17) is 42.8 Å². The summed E-state index contributed by atoms with van der Waals surface area (Å²) in [4.78, 5) is 31.3. The normalized spacial score (nSPS) is 26.3. The topological polar surface area (TPSA) is 78.4 Å². The zero-order valence-electron chi connectivity index (χ0n) is 22.2. The second kappa shape index (κ2) is 11.9. The third kappa shape index (κ3) is 6.17. The molecule has 2 atom stereocenters. The number of likely N-dealkylation sites (tertiary alicyclic amines) is 1. The van der Waals surface area contributed by atoms with Gasteiger partial charge < -0.3 is 15.1 Å². The van der Waals surface area contributed by atoms with Crippen molar-refractivity contribution in [2.45, 2.75) is 70.4 Å². The molecule has 7 nitrogen and oxygen atoms in total. The highest BCUT2D eigenvalue weighted by Gasteiger charge is 2.40. The summed E-state index contributed by atoms with van der Waals surface area (Å²) in [6, 6.07) is 6.59. The molecule has 6 rings (SSSR count). The van der Waals surface area contributed by atoms with Crippen molar-refractivity contribution >= 4 is 41.1 Å². The van der Waals surface area contributed by atoms with Crippen molar-refractivity contribution in [3.05, 3.63) is 45.6 Å². The lowest BCUT2D eigenvalue weighted by Crippen LogP contribution is -2.56. The Morgan fingerprint density at radius 3 is 2.47 bits per heavy atom. The molecule has 0 amide bonds. The molecule has 2 aliphatic carbocycles. The fourth-order valence-corrected chi connectivity index (χ4v) is 6.94. The molecule has 3 heterocycles. The van der Waals surface area contributed by atoms with Crippen LogP contribution in [0, 0.1) is 17.8 Å². The van der Waals surface area contributed by atoms with E-state index in [1.165, 1.54) is 57.2 Å². The molecule has 0 spiro atoms. The van der Waals surface area contributed by atoms with Crippen molar-refractivity contribution in [2.24, 2.45) is 17.8 Å². The predicted octanol–water partition coefficient (Wildman–Crippen LogP) is 6.20. The van der Waals surface area contributed by atoms with Crippen molar-refractivity contribution in [1.82, 2.24) is 14.9 Å². The highest BCUT2D eigenvalue weighted by atomic mass is 35.5. The first kappa shape index (κ1) is 27.4. The van der Waals surface area contributed by atoms with E-state index in [0.717, 1.165) is 54.2 Å². The van der Waals surface area contributed by atoms with Crippen molar-refractivity contribution in [1.29, 1.82) is 0 Å². The molecule has 0 bridgehead atoms. The number of aromatic nitrogens is 2. The quantitative estimate of drug-likeness (QED) is 0.434. The zero-order valence-corrected chi connectivity index (χ0v) is 23.7. The predicted molar refractivity (Wildman–Crippen MR) is 150 cm³/mol. The summed E-state index contributed by atoms with van der Waals surface area (Å²) in [6.07, 6.45) is 10.3. The van der Waals surface area contributed by atoms with Crippen molar-refractivity contribution in [2.75, 3.05) is 36.4 Å². The van der Waals surface area contributed by atoms with Crippen LogP contribution in [0.3, 0.4) is 0 Å². The van der Waals surface area contributed by atoms with E-state index in [1.54, 1.807) is 0 Å². The number of halogens is 2. The number of benzene rings is 1. The Kier molecular flexibility index (Phi) is 8.59. The molecule has 0 radical (unpaired) electrons. The average molecular weight is 559 g/mol. The Morgan fingerprint density at radius 2 is 1.82 bits per heavy atom. The molecule has 4 fully saturated rings. The number of hydrogen-bond donors (Lipinski definition) is 1. The summed E-state index contributed by atoms with van der Waals surface area (Å²) in [5.74, 6) is 4.92. The maximum atomic E-state index is 8.12. The minimum Gasteiger partial charge on any atom is -0.363 e. The average Bonchev–Trinajstić information content (AvgIpc) is 3.67. The SMILES string of the molecule is CC1CC(N2CCC[C@H](C3CN(c4ncc(C5CC5)c(N[C@H](C)c5ccc(Cl)cc5Cl)n4)C3)C2)C1.O=C=O. The summed E-state index contributed by atoms with van der Waals surface area (Å²) in [5, 5.41) is 4.99. The molecule has 0 unspecified atom stereocenters. The molecular formula is C29H37Cl2N5O2. The Morgan fingerprint density at radius 1 is 1.08 bits per heavy atom. The molecule has 38 heavy (non-hydrogen) atoms. The number of carbonyl (C=O) groups excluding carboxylic acids is 2. The van der Waals surface area contributed by atoms with Crippen LogP contribution in [-0.4, -0.2) is 53.2 Å². The second-order valence-electron chi connectivity index (χ2n) is 11.7. The third-order valence-electron chi connectivity index (χ3n) is 8.82. The van der Waals surface area contributed by atoms with Gasteiger partial charge in [0.1, 0.15) is 5.82 Å². The van der Waals surface area contributed by atoms with E-state index < -0.39 is 0 Å². The first-order chi connectivity index (χ1) is 18.4. The summed E-state index contributed by atoms with van der Waals surface area (Å²) in [6.45, 7) is 9.29. The van der Waals surface area contributed by atoms with Gasteiger partial charge in [-0.25, -0.2) is 4.98 Å². The Hall–Kier alpha value is -2.18. The Balaban J connectivity index is 0.000000937. The summed E-state index contributed by atoms with van der Waals surface area (Å²) >= 11 is 12.6. The van der Waals surface area contributed by atoms with Gasteiger partial charge in [-0.15, -0.1) is 0 Å². The standard InChI is InChI=1S/C28H37Cl2N5.CO2/c1-17-10-23(11-17)34-9-3-4-20(14-34)21-15-35(16-21)28-31-13-25(19-5-6-19)27(33-28)32-18(2)24-8-7-22(29)12-26(24)30;2-1-3/h7-8,12-13,17-21,23H,3-6,9-11,14-16H2,1-2H3,(H,31,32,33);/t17?,18-,20+,23?;/m1./s1. The van der Waals surface area contributed by atoms with E-state index in [-0.39, 0.29) is 12.2 Å². The lowest BCUT2D eigenvalue weighted by atomic mass is 9.76.